The van der Waals surface area contributed by atoms with Crippen LogP contribution in [0.25, 0.3) is 0 Å². The average molecular weight is 395 g/mol. The Morgan fingerprint density at radius 3 is 1.39 bits per heavy atom. The third-order valence-corrected chi connectivity index (χ3v) is 5.63. The lowest BCUT2D eigenvalue weighted by atomic mass is 10.0. The molecule has 1 atom stereocenters. The van der Waals surface area contributed by atoms with Gasteiger partial charge in [-0.1, -0.05) is 123 Å². The summed E-state index contributed by atoms with van der Waals surface area (Å²) in [5.74, 6) is -0.220. The molecule has 0 aliphatic heterocycles. The van der Waals surface area contributed by atoms with Crippen molar-refractivity contribution in [3.8, 4) is 0 Å². The molecule has 0 aromatic carbocycles. The number of ether oxygens (including phenoxy) is 1. The van der Waals surface area contributed by atoms with E-state index in [1.165, 1.54) is 96.3 Å². The highest BCUT2D eigenvalue weighted by atomic mass is 16.5. The van der Waals surface area contributed by atoms with Crippen molar-refractivity contribution in [1.82, 2.24) is 0 Å². The molecule has 0 fully saturated rings. The smallest absolute Gasteiger partial charge is 0.333 e. The molecule has 0 saturated carbocycles. The fourth-order valence-corrected chi connectivity index (χ4v) is 3.69. The van der Waals surface area contributed by atoms with Crippen LogP contribution in [0.3, 0.4) is 0 Å². The van der Waals surface area contributed by atoms with Crippen molar-refractivity contribution >= 4 is 5.97 Å². The zero-order chi connectivity index (χ0) is 20.9. The maximum atomic E-state index is 11.8. The highest BCUT2D eigenvalue weighted by molar-refractivity contribution is 5.87. The van der Waals surface area contributed by atoms with E-state index in [0.29, 0.717) is 5.57 Å². The second-order valence-electron chi connectivity index (χ2n) is 8.69. The van der Waals surface area contributed by atoms with E-state index in [0.717, 1.165) is 25.7 Å². The van der Waals surface area contributed by atoms with E-state index in [1.807, 2.05) is 0 Å². The molecule has 0 saturated heterocycles. The fraction of sp³-hybridized carbons (Fsp3) is 0.885. The van der Waals surface area contributed by atoms with Gasteiger partial charge in [0.15, 0.2) is 0 Å². The van der Waals surface area contributed by atoms with Gasteiger partial charge in [0.1, 0.15) is 6.10 Å². The van der Waals surface area contributed by atoms with Gasteiger partial charge in [-0.15, -0.1) is 0 Å². The van der Waals surface area contributed by atoms with Gasteiger partial charge in [-0.3, -0.25) is 0 Å². The molecule has 28 heavy (non-hydrogen) atoms. The summed E-state index contributed by atoms with van der Waals surface area (Å²) < 4.78 is 5.59. The lowest BCUT2D eigenvalue weighted by Gasteiger charge is -2.17. The van der Waals surface area contributed by atoms with E-state index in [4.69, 9.17) is 4.74 Å². The van der Waals surface area contributed by atoms with Gasteiger partial charge >= 0.3 is 5.97 Å². The van der Waals surface area contributed by atoms with Gasteiger partial charge in [-0.25, -0.2) is 4.79 Å². The predicted molar refractivity (Wildman–Crippen MR) is 124 cm³/mol. The minimum Gasteiger partial charge on any atom is -0.459 e. The summed E-state index contributed by atoms with van der Waals surface area (Å²) in [5.41, 5.74) is 0.512. The van der Waals surface area contributed by atoms with Crippen LogP contribution in [0.1, 0.15) is 143 Å². The quantitative estimate of drug-likeness (QED) is 0.110. The first-order valence-corrected chi connectivity index (χ1v) is 12.5. The molecule has 0 N–H and O–H groups in total. The molecule has 0 radical (unpaired) electrons. The van der Waals surface area contributed by atoms with E-state index < -0.39 is 0 Å². The number of esters is 1. The summed E-state index contributed by atoms with van der Waals surface area (Å²) >= 11 is 0. The minimum atomic E-state index is -0.220. The molecular formula is C26H50O2. The Morgan fingerprint density at radius 1 is 0.643 bits per heavy atom. The number of hydrogen-bond acceptors (Lipinski definition) is 2. The molecule has 0 amide bonds. The topological polar surface area (TPSA) is 26.3 Å². The average Bonchev–Trinajstić information content (AvgIpc) is 2.68. The lowest BCUT2D eigenvalue weighted by molar-refractivity contribution is -0.145. The van der Waals surface area contributed by atoms with E-state index in [2.05, 4.69) is 20.4 Å². The number of unbranched alkanes of at least 4 members (excludes halogenated alkanes) is 15. The Labute approximate surface area is 176 Å². The largest absolute Gasteiger partial charge is 0.459 e. The first kappa shape index (κ1) is 27.2. The van der Waals surface area contributed by atoms with E-state index in [1.54, 1.807) is 6.92 Å². The molecule has 0 rings (SSSR count). The lowest BCUT2D eigenvalue weighted by Crippen LogP contribution is -2.18. The second-order valence-corrected chi connectivity index (χ2v) is 8.69. The van der Waals surface area contributed by atoms with Gasteiger partial charge in [0.25, 0.3) is 0 Å². The molecule has 2 heteroatoms. The maximum Gasteiger partial charge on any atom is 0.333 e. The van der Waals surface area contributed by atoms with Crippen LogP contribution < -0.4 is 0 Å². The normalized spacial score (nSPS) is 12.1. The molecular weight excluding hydrogens is 344 g/mol. The summed E-state index contributed by atoms with van der Waals surface area (Å²) in [6.45, 7) is 9.89. The van der Waals surface area contributed by atoms with Crippen LogP contribution in [0.2, 0.25) is 0 Å². The molecule has 2 nitrogen and oxygen atoms in total. The number of carbonyl (C=O) groups excluding carboxylic acids is 1. The van der Waals surface area contributed by atoms with Gasteiger partial charge < -0.3 is 4.74 Å². The Kier molecular flexibility index (Phi) is 20.3. The highest BCUT2D eigenvalue weighted by Gasteiger charge is 2.14. The van der Waals surface area contributed by atoms with Gasteiger partial charge in [-0.2, -0.15) is 0 Å². The third-order valence-electron chi connectivity index (χ3n) is 5.63. The summed E-state index contributed by atoms with van der Waals surface area (Å²) in [6.07, 6.45) is 25.1. The standard InChI is InChI=1S/C26H50O2/c1-5-7-9-10-11-12-13-14-15-16-17-18-19-20-21-23-25(22-8-6-2)28-26(27)24(3)4/h25H,3,5-23H2,1-2,4H3. The van der Waals surface area contributed by atoms with Crippen LogP contribution in [-0.4, -0.2) is 12.1 Å². The highest BCUT2D eigenvalue weighted by Crippen LogP contribution is 2.17. The second kappa shape index (κ2) is 20.9. The van der Waals surface area contributed by atoms with Gasteiger partial charge in [-0.05, 0) is 26.2 Å². The van der Waals surface area contributed by atoms with E-state index >= 15 is 0 Å². The van der Waals surface area contributed by atoms with Crippen LogP contribution in [0.15, 0.2) is 12.2 Å². The Hall–Kier alpha value is -0.790. The molecule has 0 spiro atoms. The van der Waals surface area contributed by atoms with Crippen LogP contribution in [0.4, 0.5) is 0 Å². The maximum absolute atomic E-state index is 11.8. The number of carbonyl (C=O) groups is 1. The zero-order valence-electron chi connectivity index (χ0n) is 19.5. The summed E-state index contributed by atoms with van der Waals surface area (Å²) in [6, 6.07) is 0. The summed E-state index contributed by atoms with van der Waals surface area (Å²) in [7, 11) is 0. The number of hydrogen-bond donors (Lipinski definition) is 0. The molecule has 166 valence electrons. The van der Waals surface area contributed by atoms with Crippen LogP contribution in [-0.2, 0) is 9.53 Å². The third kappa shape index (κ3) is 18.6. The van der Waals surface area contributed by atoms with Gasteiger partial charge in [0, 0.05) is 5.57 Å². The SMILES string of the molecule is C=C(C)C(=O)OC(CCCC)CCCCCCCCCCCCCCCCC. The van der Waals surface area contributed by atoms with Crippen LogP contribution >= 0.6 is 0 Å². The molecule has 0 heterocycles. The predicted octanol–water partition coefficient (Wildman–Crippen LogP) is 8.93. The first-order valence-electron chi connectivity index (χ1n) is 12.5. The zero-order valence-corrected chi connectivity index (χ0v) is 19.5. The Balaban J connectivity index is 3.47. The summed E-state index contributed by atoms with van der Waals surface area (Å²) in [5, 5.41) is 0. The minimum absolute atomic E-state index is 0.0890. The van der Waals surface area contributed by atoms with Crippen molar-refractivity contribution in [2.45, 2.75) is 149 Å². The van der Waals surface area contributed by atoms with Crippen molar-refractivity contribution in [1.29, 1.82) is 0 Å². The van der Waals surface area contributed by atoms with Gasteiger partial charge in [0.05, 0.1) is 0 Å². The van der Waals surface area contributed by atoms with Crippen molar-refractivity contribution < 1.29 is 9.53 Å². The van der Waals surface area contributed by atoms with E-state index in [9.17, 15) is 4.79 Å². The van der Waals surface area contributed by atoms with Crippen molar-refractivity contribution in [3.63, 3.8) is 0 Å². The number of rotatable bonds is 21. The molecule has 0 aromatic rings. The van der Waals surface area contributed by atoms with Crippen LogP contribution in [0.5, 0.6) is 0 Å². The molecule has 0 aliphatic carbocycles. The Morgan fingerprint density at radius 2 is 1.00 bits per heavy atom. The van der Waals surface area contributed by atoms with E-state index in [-0.39, 0.29) is 12.1 Å². The van der Waals surface area contributed by atoms with Crippen molar-refractivity contribution in [2.75, 3.05) is 0 Å². The Bertz CT molecular complexity index is 361. The van der Waals surface area contributed by atoms with Crippen LogP contribution in [0, 0.1) is 0 Å². The monoisotopic (exact) mass is 394 g/mol. The first-order chi connectivity index (χ1) is 13.6. The van der Waals surface area contributed by atoms with Crippen molar-refractivity contribution in [3.05, 3.63) is 12.2 Å². The molecule has 0 aliphatic rings. The van der Waals surface area contributed by atoms with Gasteiger partial charge in [0.2, 0.25) is 0 Å². The molecule has 0 bridgehead atoms. The molecule has 1 unspecified atom stereocenters. The fourth-order valence-electron chi connectivity index (χ4n) is 3.69. The van der Waals surface area contributed by atoms with Crippen molar-refractivity contribution in [2.24, 2.45) is 0 Å². The molecule has 0 aromatic heterocycles. The summed E-state index contributed by atoms with van der Waals surface area (Å²) in [4.78, 5) is 11.8.